The predicted octanol–water partition coefficient (Wildman–Crippen LogP) is 3.67. The number of carbonyl (C=O) groups excluding carboxylic acids is 1. The minimum Gasteiger partial charge on any atom is -0.326 e. The Morgan fingerprint density at radius 3 is 1.95 bits per heavy atom. The fourth-order valence-electron chi connectivity index (χ4n) is 2.89. The van der Waals surface area contributed by atoms with E-state index < -0.39 is 16.1 Å². The van der Waals surface area contributed by atoms with Crippen LogP contribution in [0.3, 0.4) is 0 Å². The van der Waals surface area contributed by atoms with Gasteiger partial charge in [-0.25, -0.2) is 0 Å². The van der Waals surface area contributed by atoms with E-state index in [4.69, 9.17) is 5.73 Å². The molecule has 5 heteroatoms. The number of rotatable bonds is 4. The molecule has 0 aliphatic rings. The second-order valence-electron chi connectivity index (χ2n) is 7.19. The summed E-state index contributed by atoms with van der Waals surface area (Å²) in [6.45, 7) is 13.8. The molecule has 0 spiro atoms. The molecule has 0 fully saturated rings. The largest absolute Gasteiger partial charge is 0.326 e. The Morgan fingerprint density at radius 2 is 1.58 bits per heavy atom. The molecule has 0 unspecified atom stereocenters. The maximum Gasteiger partial charge on any atom is 0.216 e. The molecule has 2 N–H and O–H groups in total. The van der Waals surface area contributed by atoms with Gasteiger partial charge < -0.3 is 5.73 Å². The highest BCUT2D eigenvalue weighted by molar-refractivity contribution is 7.97. The van der Waals surface area contributed by atoms with Gasteiger partial charge in [-0.2, -0.15) is 0 Å². The van der Waals surface area contributed by atoms with Crippen molar-refractivity contribution in [3.63, 3.8) is 0 Å². The van der Waals surface area contributed by atoms with Gasteiger partial charge in [-0.15, -0.1) is 12.6 Å². The predicted molar refractivity (Wildman–Crippen MR) is 92.3 cm³/mol. The lowest BCUT2D eigenvalue weighted by Gasteiger charge is -2.49. The zero-order chi connectivity index (χ0) is 15.1. The van der Waals surface area contributed by atoms with Gasteiger partial charge in [0.2, 0.25) is 5.12 Å². The molecule has 2 nitrogen and oxygen atoms in total. The lowest BCUT2D eigenvalue weighted by Crippen LogP contribution is -2.69. The van der Waals surface area contributed by atoms with E-state index in [9.17, 15) is 4.79 Å². The third-order valence-electron chi connectivity index (χ3n) is 3.93. The minimum absolute atomic E-state index is 0.199. The van der Waals surface area contributed by atoms with E-state index in [-0.39, 0.29) is 9.90 Å². The van der Waals surface area contributed by atoms with E-state index in [0.29, 0.717) is 5.56 Å². The second kappa shape index (κ2) is 5.20. The van der Waals surface area contributed by atoms with Crippen LogP contribution < -0.4 is 5.73 Å². The highest BCUT2D eigenvalue weighted by atomic mass is 32.1. The molecular weight excluding hydrogens is 286 g/mol. The van der Waals surface area contributed by atoms with E-state index >= 15 is 0 Å². The standard InChI is InChI=1S/C14H25NOSSi2/c1-18(2,3)14(15,19(4,5)6)12-9-7-8-11(10-12)13(16)17/h7-10H,15H2,1-6H3,(H,16,17). The molecule has 0 atom stereocenters. The molecule has 19 heavy (non-hydrogen) atoms. The third kappa shape index (κ3) is 3.04. The fourth-order valence-corrected chi connectivity index (χ4v) is 14.1. The Morgan fingerprint density at radius 1 is 1.11 bits per heavy atom. The average molecular weight is 312 g/mol. The molecule has 0 heterocycles. The van der Waals surface area contributed by atoms with E-state index in [1.54, 1.807) is 6.07 Å². The summed E-state index contributed by atoms with van der Waals surface area (Å²) >= 11 is 3.92. The average Bonchev–Trinajstić information content (AvgIpc) is 2.25. The zero-order valence-corrected chi connectivity index (χ0v) is 15.6. The maximum atomic E-state index is 11.5. The Hall–Kier alpha value is -0.366. The van der Waals surface area contributed by atoms with Crippen molar-refractivity contribution in [2.45, 2.75) is 44.1 Å². The summed E-state index contributed by atoms with van der Waals surface area (Å²) in [7, 11) is -3.28. The lowest BCUT2D eigenvalue weighted by molar-refractivity contribution is 0.109. The van der Waals surface area contributed by atoms with Crippen LogP contribution in [0.15, 0.2) is 24.3 Å². The molecule has 0 aliphatic heterocycles. The van der Waals surface area contributed by atoms with Gasteiger partial charge in [-0.1, -0.05) is 57.5 Å². The van der Waals surface area contributed by atoms with Gasteiger partial charge in [0.25, 0.3) is 0 Å². The quantitative estimate of drug-likeness (QED) is 0.658. The first-order valence-corrected chi connectivity index (χ1v) is 14.0. The van der Waals surface area contributed by atoms with Crippen molar-refractivity contribution in [1.82, 2.24) is 0 Å². The number of hydrogen-bond donors (Lipinski definition) is 2. The number of hydrogen-bond acceptors (Lipinski definition) is 2. The zero-order valence-electron chi connectivity index (χ0n) is 12.7. The Balaban J connectivity index is 3.52. The second-order valence-corrected chi connectivity index (χ2v) is 18.7. The first-order chi connectivity index (χ1) is 8.41. The van der Waals surface area contributed by atoms with Gasteiger partial charge in [0.05, 0.1) is 16.1 Å². The van der Waals surface area contributed by atoms with Gasteiger partial charge in [0.1, 0.15) is 0 Å². The molecule has 1 rings (SSSR count). The van der Waals surface area contributed by atoms with Crippen molar-refractivity contribution in [1.29, 1.82) is 0 Å². The molecule has 0 bridgehead atoms. The highest BCUT2D eigenvalue weighted by Gasteiger charge is 2.50. The summed E-state index contributed by atoms with van der Waals surface area (Å²) in [5.74, 6) is 0. The normalized spacial score (nSPS) is 13.5. The van der Waals surface area contributed by atoms with E-state index in [0.717, 1.165) is 5.56 Å². The molecular formula is C14H25NOSSi2. The SMILES string of the molecule is C[Si](C)(C)C(N)(c1cccc(C(=O)S)c1)[Si](C)(C)C. The van der Waals surface area contributed by atoms with Gasteiger partial charge in [-0.05, 0) is 11.6 Å². The fraction of sp³-hybridized carbons (Fsp3) is 0.500. The summed E-state index contributed by atoms with van der Waals surface area (Å²) in [5, 5.41) is -0.199. The summed E-state index contributed by atoms with van der Waals surface area (Å²) < 4.78 is 0. The van der Waals surface area contributed by atoms with Gasteiger partial charge in [0, 0.05) is 10.3 Å². The molecule has 106 valence electrons. The van der Waals surface area contributed by atoms with Crippen LogP contribution in [0.1, 0.15) is 15.9 Å². The Labute approximate surface area is 124 Å². The molecule has 0 saturated carbocycles. The van der Waals surface area contributed by atoms with Gasteiger partial charge in [0.15, 0.2) is 0 Å². The van der Waals surface area contributed by atoms with Crippen molar-refractivity contribution in [3.8, 4) is 0 Å². The van der Waals surface area contributed by atoms with Crippen LogP contribution in [0.25, 0.3) is 0 Å². The van der Waals surface area contributed by atoms with Crippen LogP contribution >= 0.6 is 12.6 Å². The number of nitrogens with two attached hydrogens (primary N) is 1. The number of thiol groups is 1. The van der Waals surface area contributed by atoms with Crippen LogP contribution in [0, 0.1) is 0 Å². The molecule has 1 aromatic carbocycles. The molecule has 0 saturated heterocycles. The molecule has 0 amide bonds. The van der Waals surface area contributed by atoms with Crippen LogP contribution in [0.5, 0.6) is 0 Å². The first kappa shape index (κ1) is 16.7. The monoisotopic (exact) mass is 311 g/mol. The molecule has 1 aromatic rings. The van der Waals surface area contributed by atoms with Gasteiger partial charge in [-0.3, -0.25) is 4.79 Å². The third-order valence-corrected chi connectivity index (χ3v) is 14.0. The lowest BCUT2D eigenvalue weighted by atomic mass is 10.1. The van der Waals surface area contributed by atoms with Crippen LogP contribution in [-0.4, -0.2) is 21.3 Å². The summed E-state index contributed by atoms with van der Waals surface area (Å²) in [6, 6.07) is 7.72. The maximum absolute atomic E-state index is 11.5. The number of carbonyl (C=O) groups is 1. The summed E-state index contributed by atoms with van der Waals surface area (Å²) in [6.07, 6.45) is 0. The van der Waals surface area contributed by atoms with E-state index in [2.05, 4.69) is 58.0 Å². The Kier molecular flexibility index (Phi) is 4.57. The molecule has 0 aliphatic carbocycles. The molecule has 0 radical (unpaired) electrons. The van der Waals surface area contributed by atoms with E-state index in [1.165, 1.54) is 0 Å². The summed E-state index contributed by atoms with van der Waals surface area (Å²) in [4.78, 5) is 11.2. The summed E-state index contributed by atoms with van der Waals surface area (Å²) in [5.41, 5.74) is 8.66. The van der Waals surface area contributed by atoms with Crippen LogP contribution in [-0.2, 0) is 4.79 Å². The number of benzene rings is 1. The topological polar surface area (TPSA) is 43.1 Å². The van der Waals surface area contributed by atoms with Crippen molar-refractivity contribution in [2.24, 2.45) is 5.73 Å². The first-order valence-electron chi connectivity index (χ1n) is 6.54. The molecule has 0 aromatic heterocycles. The van der Waals surface area contributed by atoms with Crippen molar-refractivity contribution < 1.29 is 4.79 Å². The minimum atomic E-state index is -1.64. The smallest absolute Gasteiger partial charge is 0.216 e. The van der Waals surface area contributed by atoms with Crippen LogP contribution in [0.4, 0.5) is 0 Å². The highest BCUT2D eigenvalue weighted by Crippen LogP contribution is 2.38. The van der Waals surface area contributed by atoms with E-state index in [1.807, 2.05) is 12.1 Å². The van der Waals surface area contributed by atoms with Crippen molar-refractivity contribution in [2.75, 3.05) is 0 Å². The van der Waals surface area contributed by atoms with Crippen molar-refractivity contribution >= 4 is 33.9 Å². The Bertz CT molecular complexity index is 475. The van der Waals surface area contributed by atoms with Gasteiger partial charge >= 0.3 is 0 Å². The van der Waals surface area contributed by atoms with Crippen molar-refractivity contribution in [3.05, 3.63) is 35.4 Å². The van der Waals surface area contributed by atoms with Crippen LogP contribution in [0.2, 0.25) is 39.3 Å².